The third kappa shape index (κ3) is 1.98. The van der Waals surface area contributed by atoms with Gasteiger partial charge >= 0.3 is 0 Å². The highest BCUT2D eigenvalue weighted by Gasteiger charge is 2.35. The van der Waals surface area contributed by atoms with E-state index in [4.69, 9.17) is 5.73 Å². The maximum Gasteiger partial charge on any atom is 0.270 e. The summed E-state index contributed by atoms with van der Waals surface area (Å²) in [5.74, 6) is -0.904. The van der Waals surface area contributed by atoms with E-state index < -0.39 is 16.5 Å². The van der Waals surface area contributed by atoms with Gasteiger partial charge in [0, 0.05) is 32.2 Å². The maximum absolute atomic E-state index is 12.6. The Hall–Kier alpha value is -2.06. The lowest BCUT2D eigenvalue weighted by Crippen LogP contribution is -2.23. The normalized spacial score (nSPS) is 12.8. The van der Waals surface area contributed by atoms with Gasteiger partial charge in [-0.25, -0.2) is 0 Å². The summed E-state index contributed by atoms with van der Waals surface area (Å²) in [6.45, 7) is 0. The summed E-state index contributed by atoms with van der Waals surface area (Å²) in [4.78, 5) is 35.5. The minimum Gasteiger partial charge on any atom is -0.397 e. The van der Waals surface area contributed by atoms with Crippen LogP contribution in [0.15, 0.2) is 33.2 Å². The third-order valence-electron chi connectivity index (χ3n) is 3.43. The van der Waals surface area contributed by atoms with Gasteiger partial charge in [0.05, 0.1) is 21.7 Å². The Bertz CT molecular complexity index is 893. The van der Waals surface area contributed by atoms with Gasteiger partial charge in [0.15, 0.2) is 11.6 Å². The standard InChI is InChI=1S/C14H6Br2N2O4/c15-8-4-9(16)12(17)11-10(8)14(20)7-3-5(18(21)22)1-2-6(7)13(11)19/h1-4H,17H2. The van der Waals surface area contributed by atoms with Crippen molar-refractivity contribution < 1.29 is 14.5 Å². The van der Waals surface area contributed by atoms with E-state index in [2.05, 4.69) is 31.9 Å². The lowest BCUT2D eigenvalue weighted by Gasteiger charge is -2.20. The number of halogens is 2. The van der Waals surface area contributed by atoms with Crippen LogP contribution in [0.4, 0.5) is 11.4 Å². The van der Waals surface area contributed by atoms with Crippen molar-refractivity contribution in [1.82, 2.24) is 0 Å². The molecule has 0 aromatic heterocycles. The van der Waals surface area contributed by atoms with E-state index in [-0.39, 0.29) is 33.6 Å². The summed E-state index contributed by atoms with van der Waals surface area (Å²) in [5, 5.41) is 10.9. The van der Waals surface area contributed by atoms with Crippen LogP contribution in [-0.4, -0.2) is 16.5 Å². The molecule has 0 radical (unpaired) electrons. The van der Waals surface area contributed by atoms with Gasteiger partial charge in [-0.3, -0.25) is 19.7 Å². The molecule has 3 rings (SSSR count). The molecule has 0 bridgehead atoms. The van der Waals surface area contributed by atoms with Crippen molar-refractivity contribution in [1.29, 1.82) is 0 Å². The Morgan fingerprint density at radius 1 is 0.955 bits per heavy atom. The number of nitrogens with two attached hydrogens (primary N) is 1. The molecule has 2 N–H and O–H groups in total. The Morgan fingerprint density at radius 2 is 1.59 bits per heavy atom. The molecule has 0 aliphatic heterocycles. The first kappa shape index (κ1) is 14.9. The topological polar surface area (TPSA) is 103 Å². The van der Waals surface area contributed by atoms with E-state index in [1.807, 2.05) is 0 Å². The highest BCUT2D eigenvalue weighted by atomic mass is 79.9. The largest absolute Gasteiger partial charge is 0.397 e. The number of ketones is 2. The number of benzene rings is 2. The second kappa shape index (κ2) is 4.99. The van der Waals surface area contributed by atoms with Gasteiger partial charge in [0.1, 0.15) is 0 Å². The predicted octanol–water partition coefficient (Wildman–Crippen LogP) is 3.48. The fourth-order valence-corrected chi connectivity index (χ4v) is 3.74. The molecule has 2 aromatic rings. The number of rotatable bonds is 1. The van der Waals surface area contributed by atoms with E-state index in [1.165, 1.54) is 12.1 Å². The van der Waals surface area contributed by atoms with Crippen LogP contribution in [-0.2, 0) is 0 Å². The molecule has 0 atom stereocenters. The maximum atomic E-state index is 12.6. The van der Waals surface area contributed by atoms with Crippen molar-refractivity contribution in [2.75, 3.05) is 5.73 Å². The summed E-state index contributed by atoms with van der Waals surface area (Å²) in [6.07, 6.45) is 0. The number of nitrogens with zero attached hydrogens (tertiary/aromatic N) is 1. The Morgan fingerprint density at radius 3 is 2.23 bits per heavy atom. The van der Waals surface area contributed by atoms with Crippen molar-refractivity contribution in [2.24, 2.45) is 0 Å². The zero-order valence-corrected chi connectivity index (χ0v) is 13.9. The van der Waals surface area contributed by atoms with Gasteiger partial charge in [-0.15, -0.1) is 0 Å². The molecule has 22 heavy (non-hydrogen) atoms. The number of hydrogen-bond acceptors (Lipinski definition) is 5. The lowest BCUT2D eigenvalue weighted by molar-refractivity contribution is -0.384. The van der Waals surface area contributed by atoms with Crippen LogP contribution in [0.5, 0.6) is 0 Å². The lowest BCUT2D eigenvalue weighted by atomic mass is 9.83. The highest BCUT2D eigenvalue weighted by Crippen LogP contribution is 2.39. The first-order valence-electron chi connectivity index (χ1n) is 5.98. The number of carbonyl (C=O) groups excluding carboxylic acids is 2. The molecule has 110 valence electrons. The molecular weight excluding hydrogens is 420 g/mol. The summed E-state index contributed by atoms with van der Waals surface area (Å²) in [5.41, 5.74) is 6.18. The van der Waals surface area contributed by atoms with E-state index >= 15 is 0 Å². The van der Waals surface area contributed by atoms with Gasteiger partial charge in [0.2, 0.25) is 0 Å². The van der Waals surface area contributed by atoms with E-state index in [9.17, 15) is 19.7 Å². The van der Waals surface area contributed by atoms with Crippen molar-refractivity contribution >= 4 is 54.8 Å². The zero-order chi connectivity index (χ0) is 16.2. The fraction of sp³-hybridized carbons (Fsp3) is 0. The smallest absolute Gasteiger partial charge is 0.270 e. The van der Waals surface area contributed by atoms with Crippen LogP contribution >= 0.6 is 31.9 Å². The molecule has 1 aliphatic rings. The van der Waals surface area contributed by atoms with Gasteiger partial charge in [-0.1, -0.05) is 0 Å². The molecule has 8 heteroatoms. The molecule has 1 aliphatic carbocycles. The van der Waals surface area contributed by atoms with Gasteiger partial charge < -0.3 is 5.73 Å². The highest BCUT2D eigenvalue weighted by molar-refractivity contribution is 9.11. The average molecular weight is 426 g/mol. The average Bonchev–Trinajstić information content (AvgIpc) is 2.47. The number of hydrogen-bond donors (Lipinski definition) is 1. The molecule has 2 aromatic carbocycles. The van der Waals surface area contributed by atoms with Crippen molar-refractivity contribution in [3.8, 4) is 0 Å². The fourth-order valence-electron chi connectivity index (χ4n) is 2.39. The molecule has 0 amide bonds. The quantitative estimate of drug-likeness (QED) is 0.365. The predicted molar refractivity (Wildman–Crippen MR) is 86.2 cm³/mol. The number of nitro groups is 1. The molecule has 0 saturated heterocycles. The number of anilines is 1. The van der Waals surface area contributed by atoms with Crippen LogP contribution in [0, 0.1) is 10.1 Å². The molecule has 0 unspecified atom stereocenters. The van der Waals surface area contributed by atoms with Crippen LogP contribution < -0.4 is 5.73 Å². The Kier molecular flexibility index (Phi) is 3.37. The molecule has 0 heterocycles. The van der Waals surface area contributed by atoms with Gasteiger partial charge in [-0.2, -0.15) is 0 Å². The Balaban J connectivity index is 2.35. The summed E-state index contributed by atoms with van der Waals surface area (Å²) in [6, 6.07) is 5.16. The summed E-state index contributed by atoms with van der Waals surface area (Å²) in [7, 11) is 0. The Labute approximate surface area is 140 Å². The second-order valence-electron chi connectivity index (χ2n) is 4.65. The van der Waals surface area contributed by atoms with Gasteiger partial charge in [0.25, 0.3) is 5.69 Å². The summed E-state index contributed by atoms with van der Waals surface area (Å²) >= 11 is 6.48. The molecule has 0 fully saturated rings. The number of nitro benzene ring substituents is 1. The van der Waals surface area contributed by atoms with Crippen LogP contribution in [0.25, 0.3) is 0 Å². The number of carbonyl (C=O) groups is 2. The molecule has 6 nitrogen and oxygen atoms in total. The number of non-ortho nitro benzene ring substituents is 1. The minimum atomic E-state index is -0.613. The number of nitrogen functional groups attached to an aromatic ring is 1. The van der Waals surface area contributed by atoms with Crippen molar-refractivity contribution in [3.05, 3.63) is 65.6 Å². The molecular formula is C14H6Br2N2O4. The first-order valence-corrected chi connectivity index (χ1v) is 7.57. The number of fused-ring (bicyclic) bond motifs is 2. The van der Waals surface area contributed by atoms with Crippen molar-refractivity contribution in [3.63, 3.8) is 0 Å². The second-order valence-corrected chi connectivity index (χ2v) is 6.36. The third-order valence-corrected chi connectivity index (χ3v) is 4.71. The SMILES string of the molecule is Nc1c(Br)cc(Br)c2c1C(=O)c1ccc([N+](=O)[O-])cc1C2=O. The van der Waals surface area contributed by atoms with Gasteiger partial charge in [-0.05, 0) is 44.0 Å². The van der Waals surface area contributed by atoms with Crippen LogP contribution in [0.2, 0.25) is 0 Å². The zero-order valence-electron chi connectivity index (χ0n) is 10.7. The van der Waals surface area contributed by atoms with E-state index in [0.29, 0.717) is 8.95 Å². The van der Waals surface area contributed by atoms with Crippen molar-refractivity contribution in [2.45, 2.75) is 0 Å². The molecule has 0 spiro atoms. The van der Waals surface area contributed by atoms with E-state index in [1.54, 1.807) is 6.07 Å². The first-order chi connectivity index (χ1) is 10.3. The summed E-state index contributed by atoms with van der Waals surface area (Å²) < 4.78 is 0.892. The van der Waals surface area contributed by atoms with E-state index in [0.717, 1.165) is 6.07 Å². The molecule has 0 saturated carbocycles. The monoisotopic (exact) mass is 424 g/mol. The minimum absolute atomic E-state index is 0.00845. The van der Waals surface area contributed by atoms with Crippen LogP contribution in [0.1, 0.15) is 31.8 Å². The van der Waals surface area contributed by atoms with Crippen LogP contribution in [0.3, 0.4) is 0 Å².